The maximum Gasteiger partial charge on any atom is -0.00200 e. The Hall–Kier alpha value is -0.300. The highest BCUT2D eigenvalue weighted by atomic mass is 14.9. The minimum absolute atomic E-state index is 1.00. The lowest BCUT2D eigenvalue weighted by molar-refractivity contribution is 0.505. The maximum atomic E-state index is 3.38. The third-order valence-electron chi connectivity index (χ3n) is 2.13. The molecular formula is C15H35N. The van der Waals surface area contributed by atoms with E-state index in [9.17, 15) is 0 Å². The lowest BCUT2D eigenvalue weighted by Gasteiger charge is -2.04. The average molecular weight is 229 g/mol. The highest BCUT2D eigenvalue weighted by Crippen LogP contribution is 2.14. The smallest absolute Gasteiger partial charge is 0.00200 e. The zero-order valence-electron chi connectivity index (χ0n) is 12.6. The molecule has 1 heterocycles. The molecule has 0 saturated carbocycles. The molecule has 16 heavy (non-hydrogen) atoms. The number of hydrogen-bond donors (Lipinski definition) is 1. The first-order valence-corrected chi connectivity index (χ1v) is 7.12. The number of nitrogens with one attached hydrogen (secondary N) is 1. The predicted molar refractivity (Wildman–Crippen MR) is 79.1 cm³/mol. The Morgan fingerprint density at radius 1 is 1.25 bits per heavy atom. The van der Waals surface area contributed by atoms with Gasteiger partial charge in [-0.05, 0) is 38.8 Å². The molecule has 1 atom stereocenters. The van der Waals surface area contributed by atoms with Crippen molar-refractivity contribution in [3.05, 3.63) is 12.7 Å². The summed E-state index contributed by atoms with van der Waals surface area (Å²) in [6.45, 7) is 18.1. The van der Waals surface area contributed by atoms with E-state index >= 15 is 0 Å². The first-order chi connectivity index (χ1) is 7.85. The largest absolute Gasteiger partial charge is 0.316 e. The van der Waals surface area contributed by atoms with Gasteiger partial charge in [-0.1, -0.05) is 53.5 Å². The molecule has 0 aromatic heterocycles. The van der Waals surface area contributed by atoms with Gasteiger partial charge in [-0.3, -0.25) is 0 Å². The molecule has 100 valence electrons. The Morgan fingerprint density at radius 3 is 2.06 bits per heavy atom. The van der Waals surface area contributed by atoms with Crippen LogP contribution in [-0.4, -0.2) is 13.1 Å². The van der Waals surface area contributed by atoms with Crippen molar-refractivity contribution in [2.75, 3.05) is 13.1 Å². The van der Waals surface area contributed by atoms with Crippen LogP contribution in [0.25, 0.3) is 0 Å². The molecule has 1 fully saturated rings. The summed E-state index contributed by atoms with van der Waals surface area (Å²) < 4.78 is 0. The summed E-state index contributed by atoms with van der Waals surface area (Å²) in [5, 5.41) is 3.38. The minimum atomic E-state index is 1.00. The fourth-order valence-corrected chi connectivity index (χ4v) is 1.45. The average Bonchev–Trinajstić information content (AvgIpc) is 2.86. The summed E-state index contributed by atoms with van der Waals surface area (Å²) >= 11 is 0. The highest BCUT2D eigenvalue weighted by Gasteiger charge is 2.12. The molecule has 1 nitrogen and oxygen atoms in total. The van der Waals surface area contributed by atoms with Gasteiger partial charge in [0, 0.05) is 0 Å². The van der Waals surface area contributed by atoms with Crippen molar-refractivity contribution in [2.45, 2.75) is 67.2 Å². The van der Waals surface area contributed by atoms with Crippen LogP contribution in [0.4, 0.5) is 0 Å². The van der Waals surface area contributed by atoms with Crippen LogP contribution in [0, 0.1) is 5.92 Å². The summed E-state index contributed by atoms with van der Waals surface area (Å²) in [4.78, 5) is 0. The van der Waals surface area contributed by atoms with Gasteiger partial charge in [-0.15, -0.1) is 6.58 Å². The first-order valence-electron chi connectivity index (χ1n) is 7.12. The molecule has 1 unspecified atom stereocenters. The minimum Gasteiger partial charge on any atom is -0.316 e. The van der Waals surface area contributed by atoms with Gasteiger partial charge < -0.3 is 5.32 Å². The molecule has 0 radical (unpaired) electrons. The fraction of sp³-hybridized carbons (Fsp3) is 0.867. The molecule has 1 N–H and O–H groups in total. The van der Waals surface area contributed by atoms with Crippen molar-refractivity contribution in [3.63, 3.8) is 0 Å². The number of unbranched alkanes of at least 4 members (excludes halogenated alkanes) is 1. The summed E-state index contributed by atoms with van der Waals surface area (Å²) in [6.07, 6.45) is 7.40. The summed E-state index contributed by atoms with van der Waals surface area (Å²) in [6, 6.07) is 0. The zero-order chi connectivity index (χ0) is 13.2. The van der Waals surface area contributed by atoms with Crippen molar-refractivity contribution in [3.8, 4) is 0 Å². The third kappa shape index (κ3) is 19.3. The highest BCUT2D eigenvalue weighted by molar-refractivity contribution is 4.70. The Kier molecular flexibility index (Phi) is 31.7. The van der Waals surface area contributed by atoms with Crippen LogP contribution in [0.5, 0.6) is 0 Å². The van der Waals surface area contributed by atoms with Crippen molar-refractivity contribution >= 4 is 0 Å². The molecule has 0 amide bonds. The van der Waals surface area contributed by atoms with E-state index in [0.29, 0.717) is 0 Å². The van der Waals surface area contributed by atoms with E-state index < -0.39 is 0 Å². The molecule has 0 aliphatic carbocycles. The lowest BCUT2D eigenvalue weighted by atomic mass is 10.0. The van der Waals surface area contributed by atoms with Crippen LogP contribution in [0.3, 0.4) is 0 Å². The molecule has 1 aliphatic heterocycles. The van der Waals surface area contributed by atoms with E-state index in [4.69, 9.17) is 0 Å². The Balaban J connectivity index is -0.000000206. The molecule has 1 rings (SSSR count). The van der Waals surface area contributed by atoms with Gasteiger partial charge in [-0.25, -0.2) is 0 Å². The van der Waals surface area contributed by atoms with Gasteiger partial charge in [0.2, 0.25) is 0 Å². The van der Waals surface area contributed by atoms with Gasteiger partial charge in [0.1, 0.15) is 0 Å². The second-order valence-corrected chi connectivity index (χ2v) is 3.41. The van der Waals surface area contributed by atoms with Gasteiger partial charge in [0.15, 0.2) is 0 Å². The molecule has 1 saturated heterocycles. The van der Waals surface area contributed by atoms with Crippen molar-refractivity contribution < 1.29 is 0 Å². The van der Waals surface area contributed by atoms with Crippen molar-refractivity contribution in [1.29, 1.82) is 0 Å². The monoisotopic (exact) mass is 229 g/mol. The summed E-state index contributed by atoms with van der Waals surface area (Å²) in [5.41, 5.74) is 0. The van der Waals surface area contributed by atoms with Crippen LogP contribution >= 0.6 is 0 Å². The van der Waals surface area contributed by atoms with Crippen LogP contribution in [0.15, 0.2) is 12.7 Å². The van der Waals surface area contributed by atoms with Crippen LogP contribution in [0.2, 0.25) is 0 Å². The first kappa shape index (κ1) is 21.0. The SMILES string of the molecule is C=CC.CC.CC.CCCCC1CCNC1. The van der Waals surface area contributed by atoms with Crippen molar-refractivity contribution in [1.82, 2.24) is 5.32 Å². The van der Waals surface area contributed by atoms with E-state index in [1.807, 2.05) is 34.6 Å². The van der Waals surface area contributed by atoms with Crippen LogP contribution < -0.4 is 5.32 Å². The standard InChI is InChI=1S/C8H17N.C3H6.2C2H6/c1-2-3-4-8-5-6-9-7-8;1-3-2;2*1-2/h8-9H,2-7H2,1H3;3H,1H2,2H3;2*1-2H3. The van der Waals surface area contributed by atoms with Crippen LogP contribution in [0.1, 0.15) is 67.2 Å². The quantitative estimate of drug-likeness (QED) is 0.669. The topological polar surface area (TPSA) is 12.0 Å². The van der Waals surface area contributed by atoms with Crippen LogP contribution in [-0.2, 0) is 0 Å². The van der Waals surface area contributed by atoms with Gasteiger partial charge in [-0.2, -0.15) is 0 Å². The van der Waals surface area contributed by atoms with E-state index in [1.54, 1.807) is 6.08 Å². The molecule has 0 bridgehead atoms. The van der Waals surface area contributed by atoms with Gasteiger partial charge >= 0.3 is 0 Å². The normalized spacial score (nSPS) is 16.8. The van der Waals surface area contributed by atoms with Gasteiger partial charge in [0.25, 0.3) is 0 Å². The second kappa shape index (κ2) is 24.1. The Bertz CT molecular complexity index is 93.6. The zero-order valence-corrected chi connectivity index (χ0v) is 12.6. The molecule has 0 spiro atoms. The Labute approximate surface area is 105 Å². The van der Waals surface area contributed by atoms with Crippen molar-refractivity contribution in [2.24, 2.45) is 5.92 Å². The second-order valence-electron chi connectivity index (χ2n) is 3.41. The maximum absolute atomic E-state index is 3.38. The van der Waals surface area contributed by atoms with E-state index in [-0.39, 0.29) is 0 Å². The molecule has 1 aliphatic rings. The fourth-order valence-electron chi connectivity index (χ4n) is 1.45. The van der Waals surface area contributed by atoms with E-state index in [1.165, 1.54) is 38.8 Å². The van der Waals surface area contributed by atoms with Gasteiger partial charge in [0.05, 0.1) is 0 Å². The molecule has 0 aromatic rings. The molecule has 1 heteroatoms. The lowest BCUT2D eigenvalue weighted by Crippen LogP contribution is -2.08. The summed E-state index contributed by atoms with van der Waals surface area (Å²) in [5.74, 6) is 1.00. The number of rotatable bonds is 3. The Morgan fingerprint density at radius 2 is 1.75 bits per heavy atom. The van der Waals surface area contributed by atoms with E-state index in [0.717, 1.165) is 5.92 Å². The number of allylic oxidation sites excluding steroid dienone is 1. The number of hydrogen-bond acceptors (Lipinski definition) is 1. The van der Waals surface area contributed by atoms with E-state index in [2.05, 4.69) is 18.8 Å². The molecule has 0 aromatic carbocycles. The summed E-state index contributed by atoms with van der Waals surface area (Å²) in [7, 11) is 0. The molecular weight excluding hydrogens is 194 g/mol. The predicted octanol–water partition coefficient (Wildman–Crippen LogP) is 5.03. The third-order valence-corrected chi connectivity index (χ3v) is 2.13.